The Morgan fingerprint density at radius 1 is 1.33 bits per heavy atom. The van der Waals surface area contributed by atoms with Gasteiger partial charge in [-0.05, 0) is 7.05 Å². The number of thiazole rings is 1. The van der Waals surface area contributed by atoms with Crippen LogP contribution in [0.15, 0.2) is 0 Å². The summed E-state index contributed by atoms with van der Waals surface area (Å²) in [5, 5.41) is 4.08. The summed E-state index contributed by atoms with van der Waals surface area (Å²) in [6.45, 7) is 3.63. The van der Waals surface area contributed by atoms with Gasteiger partial charge in [0.1, 0.15) is 0 Å². The molecule has 0 aromatic carbocycles. The molecule has 1 fully saturated rings. The van der Waals surface area contributed by atoms with Gasteiger partial charge in [0.2, 0.25) is 10.0 Å². The van der Waals surface area contributed by atoms with E-state index in [2.05, 4.69) is 15.2 Å². The average molecular weight is 334 g/mol. The maximum atomic E-state index is 11.5. The number of ether oxygens (including phenoxy) is 1. The SMILES string of the molecule is CNCc1sc(N2CCN(S(C)(=O)=O)CC2)nc1COC. The maximum Gasteiger partial charge on any atom is 0.211 e. The molecular formula is C12H22N4O3S2. The molecule has 1 aliphatic heterocycles. The Bertz CT molecular complexity index is 542. The Hall–Kier alpha value is -0.740. The van der Waals surface area contributed by atoms with E-state index < -0.39 is 10.0 Å². The number of aromatic nitrogens is 1. The molecule has 0 amide bonds. The molecule has 1 aliphatic rings. The fourth-order valence-electron chi connectivity index (χ4n) is 2.26. The van der Waals surface area contributed by atoms with Gasteiger partial charge in [0.05, 0.1) is 18.6 Å². The van der Waals surface area contributed by atoms with Crippen LogP contribution in [0, 0.1) is 0 Å². The Balaban J connectivity index is 2.08. The van der Waals surface area contributed by atoms with E-state index in [0.717, 1.165) is 17.4 Å². The minimum absolute atomic E-state index is 0.497. The third-order valence-corrected chi connectivity index (χ3v) is 5.83. The summed E-state index contributed by atoms with van der Waals surface area (Å²) in [6.07, 6.45) is 1.26. The monoisotopic (exact) mass is 334 g/mol. The Kier molecular flexibility index (Phi) is 5.55. The summed E-state index contributed by atoms with van der Waals surface area (Å²) in [4.78, 5) is 7.95. The summed E-state index contributed by atoms with van der Waals surface area (Å²) in [5.41, 5.74) is 0.956. The molecule has 120 valence electrons. The topological polar surface area (TPSA) is 74.8 Å². The molecule has 1 aromatic rings. The molecule has 0 spiro atoms. The van der Waals surface area contributed by atoms with E-state index in [1.54, 1.807) is 18.4 Å². The van der Waals surface area contributed by atoms with E-state index in [1.807, 2.05) is 7.05 Å². The van der Waals surface area contributed by atoms with Crippen molar-refractivity contribution in [2.75, 3.05) is 51.5 Å². The standard InChI is InChI=1S/C12H22N4O3S2/c1-13-8-11-10(9-19-2)14-12(20-11)15-4-6-16(7-5-15)21(3,17)18/h13H,4-9H2,1-3H3. The number of hydrogen-bond acceptors (Lipinski definition) is 7. The first-order valence-electron chi connectivity index (χ1n) is 6.78. The molecule has 1 N–H and O–H groups in total. The van der Waals surface area contributed by atoms with Gasteiger partial charge >= 0.3 is 0 Å². The van der Waals surface area contributed by atoms with E-state index in [9.17, 15) is 8.42 Å². The second-order valence-electron chi connectivity index (χ2n) is 4.98. The number of anilines is 1. The van der Waals surface area contributed by atoms with Crippen molar-refractivity contribution in [3.63, 3.8) is 0 Å². The van der Waals surface area contributed by atoms with Gasteiger partial charge in [-0.1, -0.05) is 0 Å². The number of rotatable bonds is 6. The van der Waals surface area contributed by atoms with Gasteiger partial charge in [0.25, 0.3) is 0 Å². The molecule has 0 atom stereocenters. The molecule has 0 saturated carbocycles. The van der Waals surface area contributed by atoms with E-state index in [4.69, 9.17) is 4.74 Å². The fraction of sp³-hybridized carbons (Fsp3) is 0.750. The van der Waals surface area contributed by atoms with E-state index in [-0.39, 0.29) is 0 Å². The van der Waals surface area contributed by atoms with Crippen LogP contribution in [0.3, 0.4) is 0 Å². The molecule has 0 bridgehead atoms. The molecule has 7 nitrogen and oxygen atoms in total. The van der Waals surface area contributed by atoms with Gasteiger partial charge in [-0.3, -0.25) is 0 Å². The first-order chi connectivity index (χ1) is 9.95. The van der Waals surface area contributed by atoms with Crippen LogP contribution in [-0.2, 0) is 27.9 Å². The fourth-order valence-corrected chi connectivity index (χ4v) is 4.22. The second kappa shape index (κ2) is 7.01. The number of piperazine rings is 1. The number of sulfonamides is 1. The number of nitrogens with one attached hydrogen (secondary N) is 1. The van der Waals surface area contributed by atoms with Crippen molar-refractivity contribution in [1.82, 2.24) is 14.6 Å². The molecule has 1 aromatic heterocycles. The molecule has 0 aliphatic carbocycles. The van der Waals surface area contributed by atoms with Crippen LogP contribution < -0.4 is 10.2 Å². The number of methoxy groups -OCH3 is 1. The lowest BCUT2D eigenvalue weighted by atomic mass is 10.3. The summed E-state index contributed by atoms with van der Waals surface area (Å²) in [7, 11) is 0.471. The molecule has 21 heavy (non-hydrogen) atoms. The van der Waals surface area contributed by atoms with Crippen molar-refractivity contribution in [2.45, 2.75) is 13.2 Å². The lowest BCUT2D eigenvalue weighted by Gasteiger charge is -2.32. The quantitative estimate of drug-likeness (QED) is 0.795. The Morgan fingerprint density at radius 3 is 2.52 bits per heavy atom. The summed E-state index contributed by atoms with van der Waals surface area (Å²) in [5.74, 6) is 0. The van der Waals surface area contributed by atoms with Crippen LogP contribution >= 0.6 is 11.3 Å². The summed E-state index contributed by atoms with van der Waals surface area (Å²) in [6, 6.07) is 0. The Labute approximate surface area is 130 Å². The van der Waals surface area contributed by atoms with E-state index in [0.29, 0.717) is 32.8 Å². The van der Waals surface area contributed by atoms with E-state index >= 15 is 0 Å². The zero-order valence-corrected chi connectivity index (χ0v) is 14.3. The lowest BCUT2D eigenvalue weighted by Crippen LogP contribution is -2.48. The van der Waals surface area contributed by atoms with Crippen molar-refractivity contribution in [3.05, 3.63) is 10.6 Å². The number of nitrogens with zero attached hydrogens (tertiary/aromatic N) is 3. The molecule has 9 heteroatoms. The molecule has 0 unspecified atom stereocenters. The highest BCUT2D eigenvalue weighted by Crippen LogP contribution is 2.28. The van der Waals surface area contributed by atoms with Gasteiger partial charge in [0, 0.05) is 44.7 Å². The van der Waals surface area contributed by atoms with Crippen molar-refractivity contribution in [2.24, 2.45) is 0 Å². The molecule has 1 saturated heterocycles. The van der Waals surface area contributed by atoms with Crippen LogP contribution in [0.5, 0.6) is 0 Å². The van der Waals surface area contributed by atoms with Gasteiger partial charge in [0.15, 0.2) is 5.13 Å². The first kappa shape index (κ1) is 16.6. The summed E-state index contributed by atoms with van der Waals surface area (Å²) >= 11 is 1.64. The predicted molar refractivity (Wildman–Crippen MR) is 84.2 cm³/mol. The first-order valence-corrected chi connectivity index (χ1v) is 9.44. The van der Waals surface area contributed by atoms with Crippen LogP contribution in [0.4, 0.5) is 5.13 Å². The van der Waals surface area contributed by atoms with E-state index in [1.165, 1.54) is 15.4 Å². The highest BCUT2D eigenvalue weighted by Gasteiger charge is 2.25. The molecular weight excluding hydrogens is 312 g/mol. The highest BCUT2D eigenvalue weighted by molar-refractivity contribution is 7.88. The van der Waals surface area contributed by atoms with Crippen molar-refractivity contribution < 1.29 is 13.2 Å². The minimum atomic E-state index is -3.09. The van der Waals surface area contributed by atoms with Crippen molar-refractivity contribution >= 4 is 26.5 Å². The van der Waals surface area contributed by atoms with Crippen LogP contribution in [0.2, 0.25) is 0 Å². The Morgan fingerprint density at radius 2 is 2.00 bits per heavy atom. The van der Waals surface area contributed by atoms with Crippen LogP contribution in [0.1, 0.15) is 10.6 Å². The predicted octanol–water partition coefficient (Wildman–Crippen LogP) is 0.0905. The van der Waals surface area contributed by atoms with Gasteiger partial charge < -0.3 is 15.0 Å². The van der Waals surface area contributed by atoms with Crippen molar-refractivity contribution in [1.29, 1.82) is 0 Å². The largest absolute Gasteiger partial charge is 0.378 e. The maximum absolute atomic E-state index is 11.5. The number of hydrogen-bond donors (Lipinski definition) is 1. The third-order valence-electron chi connectivity index (χ3n) is 3.36. The van der Waals surface area contributed by atoms with Gasteiger partial charge in [-0.2, -0.15) is 4.31 Å². The molecule has 0 radical (unpaired) electrons. The van der Waals surface area contributed by atoms with Crippen LogP contribution in [-0.4, -0.2) is 64.3 Å². The highest BCUT2D eigenvalue weighted by atomic mass is 32.2. The zero-order chi connectivity index (χ0) is 15.5. The molecule has 2 rings (SSSR count). The third kappa shape index (κ3) is 4.13. The normalized spacial score (nSPS) is 17.4. The molecule has 2 heterocycles. The lowest BCUT2D eigenvalue weighted by molar-refractivity contribution is 0.181. The smallest absolute Gasteiger partial charge is 0.211 e. The average Bonchev–Trinajstić information content (AvgIpc) is 2.82. The van der Waals surface area contributed by atoms with Gasteiger partial charge in [-0.15, -0.1) is 11.3 Å². The second-order valence-corrected chi connectivity index (χ2v) is 8.02. The zero-order valence-electron chi connectivity index (χ0n) is 12.6. The summed E-state index contributed by atoms with van der Waals surface area (Å²) < 4.78 is 29.8. The van der Waals surface area contributed by atoms with Crippen molar-refractivity contribution in [3.8, 4) is 0 Å². The minimum Gasteiger partial charge on any atom is -0.378 e. The van der Waals surface area contributed by atoms with Crippen LogP contribution in [0.25, 0.3) is 0 Å². The van der Waals surface area contributed by atoms with Gasteiger partial charge in [-0.25, -0.2) is 13.4 Å².